The largest absolute Gasteiger partial charge is 0.335 e. The van der Waals surface area contributed by atoms with Gasteiger partial charge < -0.3 is 4.98 Å². The highest BCUT2D eigenvalue weighted by molar-refractivity contribution is 6.39. The zero-order valence-electron chi connectivity index (χ0n) is 7.90. The molecule has 0 saturated heterocycles. The molecule has 6 nitrogen and oxygen atoms in total. The van der Waals surface area contributed by atoms with E-state index in [1.807, 2.05) is 0 Å². The van der Waals surface area contributed by atoms with Crippen molar-refractivity contribution in [3.63, 3.8) is 0 Å². The highest BCUT2D eigenvalue weighted by Gasteiger charge is 2.19. The highest BCUT2D eigenvalue weighted by Crippen LogP contribution is 2.04. The van der Waals surface area contributed by atoms with Crippen molar-refractivity contribution in [3.8, 4) is 0 Å². The number of hydrogen-bond acceptors (Lipinski definition) is 4. The number of aromatic nitrogens is 2. The molecule has 78 valence electrons. The van der Waals surface area contributed by atoms with Gasteiger partial charge in [0.1, 0.15) is 5.71 Å². The summed E-state index contributed by atoms with van der Waals surface area (Å²) in [4.78, 5) is 40.5. The van der Waals surface area contributed by atoms with Gasteiger partial charge in [-0.15, -0.1) is 0 Å². The van der Waals surface area contributed by atoms with E-state index in [1.54, 1.807) is 0 Å². The molecule has 0 spiro atoms. The molecule has 6 heteroatoms. The lowest BCUT2D eigenvalue weighted by atomic mass is 10.2. The molecule has 1 aliphatic heterocycles. The van der Waals surface area contributed by atoms with E-state index >= 15 is 0 Å². The van der Waals surface area contributed by atoms with Gasteiger partial charge in [0.15, 0.2) is 0 Å². The Hall–Kier alpha value is -1.98. The van der Waals surface area contributed by atoms with E-state index in [9.17, 15) is 14.4 Å². The fraction of sp³-hybridized carbons (Fsp3) is 0.333. The van der Waals surface area contributed by atoms with Crippen LogP contribution in [-0.2, 0) is 0 Å². The average Bonchev–Trinajstić information content (AvgIpc) is 2.69. The van der Waals surface area contributed by atoms with Gasteiger partial charge >= 0.3 is 5.69 Å². The molecule has 1 aliphatic rings. The van der Waals surface area contributed by atoms with Gasteiger partial charge in [-0.3, -0.25) is 14.6 Å². The quantitative estimate of drug-likeness (QED) is 0.668. The van der Waals surface area contributed by atoms with Crippen molar-refractivity contribution < 1.29 is 4.79 Å². The molecule has 2 heterocycles. The predicted molar refractivity (Wildman–Crippen MR) is 53.5 cm³/mol. The van der Waals surface area contributed by atoms with E-state index in [0.29, 0.717) is 23.2 Å². The number of aromatic amines is 1. The maximum absolute atomic E-state index is 11.7. The standard InChI is InChI=1S/C9H9N3O3/c13-7-3-5-11-9(15)12(7)8(14)6-2-1-4-10-6/h3,5H,1-2,4H2,(H,11,15). The van der Waals surface area contributed by atoms with Crippen LogP contribution in [0.1, 0.15) is 17.6 Å². The Bertz CT molecular complexity index is 510. The Kier molecular flexibility index (Phi) is 2.32. The number of carbonyl (C=O) groups is 1. The second-order valence-electron chi connectivity index (χ2n) is 3.19. The summed E-state index contributed by atoms with van der Waals surface area (Å²) in [5.41, 5.74) is -1.05. The van der Waals surface area contributed by atoms with Gasteiger partial charge in [0.2, 0.25) is 0 Å². The molecule has 0 aromatic carbocycles. The van der Waals surface area contributed by atoms with Gasteiger partial charge in [-0.1, -0.05) is 0 Å². The Labute approximate surface area is 84.3 Å². The minimum Gasteiger partial charge on any atom is -0.314 e. The zero-order valence-corrected chi connectivity index (χ0v) is 7.90. The SMILES string of the molecule is O=C(C1=NCCC1)n1c(=O)cc[nH]c1=O. The fourth-order valence-electron chi connectivity index (χ4n) is 1.46. The number of aliphatic imine (C=N–C) groups is 1. The lowest BCUT2D eigenvalue weighted by molar-refractivity contribution is 0.0979. The van der Waals surface area contributed by atoms with Crippen LogP contribution in [-0.4, -0.2) is 27.7 Å². The first-order valence-corrected chi connectivity index (χ1v) is 4.59. The summed E-state index contributed by atoms with van der Waals surface area (Å²) in [6.45, 7) is 0.584. The van der Waals surface area contributed by atoms with Gasteiger partial charge in [0.05, 0.1) is 0 Å². The lowest BCUT2D eigenvalue weighted by Gasteiger charge is -2.00. The summed E-state index contributed by atoms with van der Waals surface area (Å²) >= 11 is 0. The van der Waals surface area contributed by atoms with Crippen LogP contribution in [0.25, 0.3) is 0 Å². The molecule has 0 unspecified atom stereocenters. The summed E-state index contributed by atoms with van der Waals surface area (Å²) in [5, 5.41) is 0. The van der Waals surface area contributed by atoms with Crippen molar-refractivity contribution in [2.75, 3.05) is 6.54 Å². The highest BCUT2D eigenvalue weighted by atomic mass is 16.2. The number of hydrogen-bond donors (Lipinski definition) is 1. The first-order valence-electron chi connectivity index (χ1n) is 4.59. The zero-order chi connectivity index (χ0) is 10.8. The van der Waals surface area contributed by atoms with Crippen LogP contribution >= 0.6 is 0 Å². The predicted octanol–water partition coefficient (Wildman–Crippen LogP) is -0.588. The van der Waals surface area contributed by atoms with E-state index in [4.69, 9.17) is 0 Å². The van der Waals surface area contributed by atoms with Crippen LogP contribution in [0.4, 0.5) is 0 Å². The van der Waals surface area contributed by atoms with Gasteiger partial charge in [0, 0.05) is 18.8 Å². The molecular weight excluding hydrogens is 198 g/mol. The summed E-state index contributed by atoms with van der Waals surface area (Å²) < 4.78 is 0.574. The van der Waals surface area contributed by atoms with Crippen molar-refractivity contribution in [2.24, 2.45) is 4.99 Å². The van der Waals surface area contributed by atoms with Gasteiger partial charge in [0.25, 0.3) is 11.5 Å². The maximum Gasteiger partial charge on any atom is 0.335 e. The minimum atomic E-state index is -0.720. The fourth-order valence-corrected chi connectivity index (χ4v) is 1.46. The molecule has 0 amide bonds. The molecule has 0 atom stereocenters. The molecule has 1 N–H and O–H groups in total. The molecule has 0 saturated carbocycles. The van der Waals surface area contributed by atoms with Gasteiger partial charge in [-0.05, 0) is 12.8 Å². The first kappa shape index (κ1) is 9.57. The Balaban J connectivity index is 2.50. The molecule has 1 aromatic heterocycles. The molecule has 0 aliphatic carbocycles. The van der Waals surface area contributed by atoms with Crippen molar-refractivity contribution in [1.29, 1.82) is 0 Å². The maximum atomic E-state index is 11.7. The monoisotopic (exact) mass is 207 g/mol. The third kappa shape index (κ3) is 1.65. The van der Waals surface area contributed by atoms with E-state index in [0.717, 1.165) is 12.5 Å². The van der Waals surface area contributed by atoms with Crippen LogP contribution in [0.15, 0.2) is 26.8 Å². The Morgan fingerprint density at radius 3 is 2.87 bits per heavy atom. The topological polar surface area (TPSA) is 84.3 Å². The molecule has 0 radical (unpaired) electrons. The van der Waals surface area contributed by atoms with Crippen LogP contribution in [0, 0.1) is 0 Å². The van der Waals surface area contributed by atoms with E-state index in [1.165, 1.54) is 6.20 Å². The molecule has 0 bridgehead atoms. The van der Waals surface area contributed by atoms with Crippen molar-refractivity contribution in [3.05, 3.63) is 33.1 Å². The second-order valence-corrected chi connectivity index (χ2v) is 3.19. The smallest absolute Gasteiger partial charge is 0.314 e. The molecular formula is C9H9N3O3. The summed E-state index contributed by atoms with van der Waals surface area (Å²) in [6, 6.07) is 1.13. The van der Waals surface area contributed by atoms with Crippen molar-refractivity contribution >= 4 is 11.6 Å². The first-order chi connectivity index (χ1) is 7.20. The molecule has 1 aromatic rings. The Morgan fingerprint density at radius 2 is 2.27 bits per heavy atom. The van der Waals surface area contributed by atoms with E-state index in [2.05, 4.69) is 9.98 Å². The third-order valence-electron chi connectivity index (χ3n) is 2.18. The molecule has 2 rings (SSSR count). The van der Waals surface area contributed by atoms with Crippen LogP contribution < -0.4 is 11.2 Å². The number of nitrogens with one attached hydrogen (secondary N) is 1. The molecule has 15 heavy (non-hydrogen) atoms. The van der Waals surface area contributed by atoms with Gasteiger partial charge in [-0.2, -0.15) is 4.57 Å². The van der Waals surface area contributed by atoms with Gasteiger partial charge in [-0.25, -0.2) is 4.79 Å². The van der Waals surface area contributed by atoms with Crippen LogP contribution in [0.3, 0.4) is 0 Å². The normalized spacial score (nSPS) is 15.1. The van der Waals surface area contributed by atoms with Crippen LogP contribution in [0.2, 0.25) is 0 Å². The van der Waals surface area contributed by atoms with E-state index < -0.39 is 17.2 Å². The second kappa shape index (κ2) is 3.64. The van der Waals surface area contributed by atoms with Crippen LogP contribution in [0.5, 0.6) is 0 Å². The van der Waals surface area contributed by atoms with E-state index in [-0.39, 0.29) is 0 Å². The minimum absolute atomic E-state index is 0.300. The summed E-state index contributed by atoms with van der Waals surface area (Å²) in [5.74, 6) is -0.612. The van der Waals surface area contributed by atoms with Crippen molar-refractivity contribution in [1.82, 2.24) is 9.55 Å². The summed E-state index contributed by atoms with van der Waals surface area (Å²) in [7, 11) is 0. The number of rotatable bonds is 1. The average molecular weight is 207 g/mol. The Morgan fingerprint density at radius 1 is 1.47 bits per heavy atom. The summed E-state index contributed by atoms with van der Waals surface area (Å²) in [6.07, 6.45) is 2.53. The lowest BCUT2D eigenvalue weighted by Crippen LogP contribution is -2.41. The number of nitrogens with zero attached hydrogens (tertiary/aromatic N) is 2. The molecule has 0 fully saturated rings. The number of carbonyl (C=O) groups excluding carboxylic acids is 1. The van der Waals surface area contributed by atoms with Crippen molar-refractivity contribution in [2.45, 2.75) is 12.8 Å². The third-order valence-corrected chi connectivity index (χ3v) is 2.18. The number of H-pyrrole nitrogens is 1.